The fraction of sp³-hybridized carbons (Fsp3) is 0.471. The third-order valence-electron chi connectivity index (χ3n) is 4.25. The van der Waals surface area contributed by atoms with Crippen LogP contribution in [-0.4, -0.2) is 46.4 Å². The lowest BCUT2D eigenvalue weighted by atomic mass is 9.96. The largest absolute Gasteiger partial charge is 0.466 e. The summed E-state index contributed by atoms with van der Waals surface area (Å²) in [4.78, 5) is 33.7. The average Bonchev–Trinajstić information content (AvgIpc) is 2.93. The second-order valence-corrected chi connectivity index (χ2v) is 5.87. The maximum absolute atomic E-state index is 12.6. The van der Waals surface area contributed by atoms with Crippen molar-refractivity contribution in [2.45, 2.75) is 26.7 Å². The Hall–Kier alpha value is -2.37. The lowest BCUT2D eigenvalue weighted by Crippen LogP contribution is -2.40. The zero-order chi connectivity index (χ0) is 16.4. The number of carbonyl (C=O) groups is 2. The van der Waals surface area contributed by atoms with Gasteiger partial charge in [-0.3, -0.25) is 9.59 Å². The number of H-pyrrole nitrogens is 1. The molecular formula is C17H21N3O3. The first-order chi connectivity index (χ1) is 11.1. The number of aryl methyl sites for hydroxylation is 1. The molecule has 0 radical (unpaired) electrons. The van der Waals surface area contributed by atoms with Crippen LogP contribution in [-0.2, 0) is 9.53 Å². The number of carbonyl (C=O) groups excluding carboxylic acids is 2. The van der Waals surface area contributed by atoms with Gasteiger partial charge in [0.15, 0.2) is 0 Å². The van der Waals surface area contributed by atoms with Crippen molar-refractivity contribution in [3.05, 3.63) is 29.6 Å². The van der Waals surface area contributed by atoms with Crippen molar-refractivity contribution in [2.75, 3.05) is 19.7 Å². The highest BCUT2D eigenvalue weighted by atomic mass is 16.5. The Kier molecular flexibility index (Phi) is 4.32. The van der Waals surface area contributed by atoms with Gasteiger partial charge in [0.25, 0.3) is 5.91 Å². The van der Waals surface area contributed by atoms with Crippen molar-refractivity contribution in [1.82, 2.24) is 14.9 Å². The van der Waals surface area contributed by atoms with E-state index < -0.39 is 0 Å². The minimum atomic E-state index is -0.144. The first-order valence-corrected chi connectivity index (χ1v) is 8.00. The SMILES string of the molecule is CCOC(=O)C1CCN(C(=O)c2ccc3nc(C)[nH]c3c2)CC1. The first-order valence-electron chi connectivity index (χ1n) is 8.00. The number of aromatic amines is 1. The fourth-order valence-corrected chi connectivity index (χ4v) is 3.03. The van der Waals surface area contributed by atoms with E-state index in [9.17, 15) is 9.59 Å². The van der Waals surface area contributed by atoms with Gasteiger partial charge < -0.3 is 14.6 Å². The Bertz CT molecular complexity index is 730. The molecule has 0 aliphatic carbocycles. The maximum atomic E-state index is 12.6. The summed E-state index contributed by atoms with van der Waals surface area (Å²) >= 11 is 0. The molecule has 1 fully saturated rings. The van der Waals surface area contributed by atoms with Gasteiger partial charge in [0, 0.05) is 18.7 Å². The van der Waals surface area contributed by atoms with Crippen LogP contribution in [0.1, 0.15) is 35.9 Å². The molecule has 0 unspecified atom stereocenters. The smallest absolute Gasteiger partial charge is 0.309 e. The summed E-state index contributed by atoms with van der Waals surface area (Å²) in [6.45, 7) is 5.28. The number of aromatic nitrogens is 2. The monoisotopic (exact) mass is 315 g/mol. The number of nitrogens with one attached hydrogen (secondary N) is 1. The van der Waals surface area contributed by atoms with Crippen molar-refractivity contribution >= 4 is 22.9 Å². The van der Waals surface area contributed by atoms with Crippen molar-refractivity contribution in [3.8, 4) is 0 Å². The number of esters is 1. The molecular weight excluding hydrogens is 294 g/mol. The number of likely N-dealkylation sites (tertiary alicyclic amines) is 1. The van der Waals surface area contributed by atoms with E-state index in [1.54, 1.807) is 4.90 Å². The average molecular weight is 315 g/mol. The van der Waals surface area contributed by atoms with Gasteiger partial charge in [-0.2, -0.15) is 0 Å². The molecule has 1 amide bonds. The van der Waals surface area contributed by atoms with Crippen LogP contribution in [0.25, 0.3) is 11.0 Å². The van der Waals surface area contributed by atoms with E-state index in [4.69, 9.17) is 4.74 Å². The van der Waals surface area contributed by atoms with Gasteiger partial charge in [-0.1, -0.05) is 0 Å². The van der Waals surface area contributed by atoms with Crippen LogP contribution >= 0.6 is 0 Å². The minimum Gasteiger partial charge on any atom is -0.466 e. The molecule has 6 nitrogen and oxygen atoms in total. The van der Waals surface area contributed by atoms with Gasteiger partial charge in [0.05, 0.1) is 23.6 Å². The number of rotatable bonds is 3. The van der Waals surface area contributed by atoms with Gasteiger partial charge in [-0.05, 0) is 44.9 Å². The molecule has 1 N–H and O–H groups in total. The number of hydrogen-bond acceptors (Lipinski definition) is 4. The highest BCUT2D eigenvalue weighted by Crippen LogP contribution is 2.21. The van der Waals surface area contributed by atoms with E-state index in [1.165, 1.54) is 0 Å². The predicted molar refractivity (Wildman–Crippen MR) is 86.1 cm³/mol. The van der Waals surface area contributed by atoms with Crippen LogP contribution in [0.15, 0.2) is 18.2 Å². The number of piperidine rings is 1. The summed E-state index contributed by atoms with van der Waals surface area (Å²) in [6, 6.07) is 5.51. The molecule has 0 spiro atoms. The van der Waals surface area contributed by atoms with Crippen molar-refractivity contribution in [3.63, 3.8) is 0 Å². The molecule has 2 heterocycles. The zero-order valence-corrected chi connectivity index (χ0v) is 13.5. The molecule has 0 atom stereocenters. The minimum absolute atomic E-state index is 0.00135. The van der Waals surface area contributed by atoms with E-state index in [1.807, 2.05) is 32.0 Å². The van der Waals surface area contributed by atoms with E-state index in [-0.39, 0.29) is 17.8 Å². The van der Waals surface area contributed by atoms with Gasteiger partial charge in [0.2, 0.25) is 0 Å². The molecule has 1 aromatic carbocycles. The molecule has 1 aliphatic rings. The molecule has 1 aliphatic heterocycles. The third-order valence-corrected chi connectivity index (χ3v) is 4.25. The van der Waals surface area contributed by atoms with Crippen LogP contribution < -0.4 is 0 Å². The summed E-state index contributed by atoms with van der Waals surface area (Å²) in [7, 11) is 0. The van der Waals surface area contributed by atoms with Crippen LogP contribution in [0.2, 0.25) is 0 Å². The molecule has 0 saturated carbocycles. The molecule has 23 heavy (non-hydrogen) atoms. The highest BCUT2D eigenvalue weighted by molar-refractivity contribution is 5.97. The standard InChI is InChI=1S/C17H21N3O3/c1-3-23-17(22)12-6-8-20(9-7-12)16(21)13-4-5-14-15(10-13)19-11(2)18-14/h4-5,10,12H,3,6-9H2,1-2H3,(H,18,19). The summed E-state index contributed by atoms with van der Waals surface area (Å²) in [5, 5.41) is 0. The van der Waals surface area contributed by atoms with Gasteiger partial charge in [-0.25, -0.2) is 4.98 Å². The quantitative estimate of drug-likeness (QED) is 0.882. The Balaban J connectivity index is 1.67. The van der Waals surface area contributed by atoms with Crippen LogP contribution in [0.4, 0.5) is 0 Å². The first kappa shape index (κ1) is 15.5. The van der Waals surface area contributed by atoms with Crippen molar-refractivity contribution in [2.24, 2.45) is 5.92 Å². The number of imidazole rings is 1. The molecule has 1 aromatic heterocycles. The second kappa shape index (κ2) is 6.40. The molecule has 0 bridgehead atoms. The summed E-state index contributed by atoms with van der Waals surface area (Å²) in [5.41, 5.74) is 2.38. The Morgan fingerprint density at radius 1 is 1.35 bits per heavy atom. The normalized spacial score (nSPS) is 15.8. The molecule has 6 heteroatoms. The molecule has 1 saturated heterocycles. The summed E-state index contributed by atoms with van der Waals surface area (Å²) in [5.74, 6) is 0.604. The number of amides is 1. The van der Waals surface area contributed by atoms with Gasteiger partial charge in [0.1, 0.15) is 5.82 Å². The Labute approximate surface area is 134 Å². The number of fused-ring (bicyclic) bond motifs is 1. The van der Waals surface area contributed by atoms with Gasteiger partial charge in [-0.15, -0.1) is 0 Å². The zero-order valence-electron chi connectivity index (χ0n) is 13.5. The van der Waals surface area contributed by atoms with E-state index >= 15 is 0 Å². The predicted octanol–water partition coefficient (Wildman–Crippen LogP) is 2.29. The van der Waals surface area contributed by atoms with E-state index in [0.29, 0.717) is 38.1 Å². The molecule has 2 aromatic rings. The topological polar surface area (TPSA) is 75.3 Å². The number of benzene rings is 1. The Morgan fingerprint density at radius 2 is 2.09 bits per heavy atom. The Morgan fingerprint density at radius 3 is 2.78 bits per heavy atom. The lowest BCUT2D eigenvalue weighted by Gasteiger charge is -2.30. The highest BCUT2D eigenvalue weighted by Gasteiger charge is 2.28. The molecule has 3 rings (SSSR count). The van der Waals surface area contributed by atoms with E-state index in [2.05, 4.69) is 9.97 Å². The third kappa shape index (κ3) is 3.21. The van der Waals surface area contributed by atoms with Crippen molar-refractivity contribution < 1.29 is 14.3 Å². The van der Waals surface area contributed by atoms with E-state index in [0.717, 1.165) is 16.9 Å². The van der Waals surface area contributed by atoms with Crippen LogP contribution in [0.5, 0.6) is 0 Å². The molecule has 122 valence electrons. The lowest BCUT2D eigenvalue weighted by molar-refractivity contribution is -0.149. The van der Waals surface area contributed by atoms with Crippen LogP contribution in [0, 0.1) is 12.8 Å². The van der Waals surface area contributed by atoms with Gasteiger partial charge >= 0.3 is 5.97 Å². The summed E-state index contributed by atoms with van der Waals surface area (Å²) < 4.78 is 5.06. The van der Waals surface area contributed by atoms with Crippen molar-refractivity contribution in [1.29, 1.82) is 0 Å². The second-order valence-electron chi connectivity index (χ2n) is 5.87. The fourth-order valence-electron chi connectivity index (χ4n) is 3.03. The number of nitrogens with zero attached hydrogens (tertiary/aromatic N) is 2. The maximum Gasteiger partial charge on any atom is 0.309 e. The van der Waals surface area contributed by atoms with Crippen LogP contribution in [0.3, 0.4) is 0 Å². The number of ether oxygens (including phenoxy) is 1. The number of hydrogen-bond donors (Lipinski definition) is 1. The summed E-state index contributed by atoms with van der Waals surface area (Å²) in [6.07, 6.45) is 1.33.